The first-order chi connectivity index (χ1) is 11.5. The molecule has 0 radical (unpaired) electrons. The Hall–Kier alpha value is -2.09. The highest BCUT2D eigenvalue weighted by Crippen LogP contribution is 2.14. The van der Waals surface area contributed by atoms with Crippen LogP contribution in [-0.2, 0) is 11.8 Å². The third-order valence-electron chi connectivity index (χ3n) is 3.44. The SMILES string of the molecule is CNC(C(=O)NCCNC(=O)c1ccccc1Cl)c1cnn(C)c1.Cl. The molecule has 0 saturated heterocycles. The first kappa shape index (κ1) is 21.0. The van der Waals surface area contributed by atoms with Gasteiger partial charge in [0.25, 0.3) is 5.91 Å². The lowest BCUT2D eigenvalue weighted by Gasteiger charge is -2.14. The van der Waals surface area contributed by atoms with Gasteiger partial charge in [0, 0.05) is 31.9 Å². The van der Waals surface area contributed by atoms with Crippen molar-refractivity contribution in [2.24, 2.45) is 7.05 Å². The third-order valence-corrected chi connectivity index (χ3v) is 3.77. The van der Waals surface area contributed by atoms with E-state index in [0.717, 1.165) is 5.56 Å². The summed E-state index contributed by atoms with van der Waals surface area (Å²) in [5.74, 6) is -0.454. The number of nitrogens with one attached hydrogen (secondary N) is 3. The van der Waals surface area contributed by atoms with Crippen LogP contribution < -0.4 is 16.0 Å². The molecule has 0 aliphatic carbocycles. The minimum Gasteiger partial charge on any atom is -0.353 e. The first-order valence-corrected chi connectivity index (χ1v) is 7.87. The lowest BCUT2D eigenvalue weighted by molar-refractivity contribution is -0.123. The molecule has 0 aliphatic heterocycles. The molecule has 1 aromatic carbocycles. The Balaban J connectivity index is 0.00000312. The molecule has 0 saturated carbocycles. The van der Waals surface area contributed by atoms with E-state index < -0.39 is 6.04 Å². The molecule has 25 heavy (non-hydrogen) atoms. The first-order valence-electron chi connectivity index (χ1n) is 7.49. The lowest BCUT2D eigenvalue weighted by atomic mass is 10.1. The largest absolute Gasteiger partial charge is 0.353 e. The minimum atomic E-state index is -0.488. The standard InChI is InChI=1S/C16H20ClN5O2.ClH/c1-18-14(11-9-21-22(2)10-11)16(24)20-8-7-19-15(23)12-5-3-4-6-13(12)17;/h3-6,9-10,14,18H,7-8H2,1-2H3,(H,19,23)(H,20,24);1H. The van der Waals surface area contributed by atoms with Crippen molar-refractivity contribution in [3.05, 3.63) is 52.8 Å². The van der Waals surface area contributed by atoms with Gasteiger partial charge in [0.1, 0.15) is 6.04 Å². The molecule has 1 heterocycles. The molecular formula is C16H21Cl2N5O2. The number of rotatable bonds is 7. The van der Waals surface area contributed by atoms with Gasteiger partial charge in [0.05, 0.1) is 16.8 Å². The van der Waals surface area contributed by atoms with Crippen molar-refractivity contribution in [3.8, 4) is 0 Å². The number of aryl methyl sites for hydroxylation is 1. The fourth-order valence-corrected chi connectivity index (χ4v) is 2.46. The van der Waals surface area contributed by atoms with E-state index in [1.54, 1.807) is 55.4 Å². The summed E-state index contributed by atoms with van der Waals surface area (Å²) >= 11 is 5.97. The van der Waals surface area contributed by atoms with Crippen molar-refractivity contribution in [1.82, 2.24) is 25.7 Å². The van der Waals surface area contributed by atoms with E-state index in [0.29, 0.717) is 23.7 Å². The average Bonchev–Trinajstić information content (AvgIpc) is 2.98. The molecule has 2 rings (SSSR count). The Kier molecular flexibility index (Phi) is 8.40. The number of carbonyl (C=O) groups excluding carboxylic acids is 2. The van der Waals surface area contributed by atoms with Crippen LogP contribution in [0.3, 0.4) is 0 Å². The summed E-state index contributed by atoms with van der Waals surface area (Å²) in [7, 11) is 3.49. The molecule has 1 aromatic heterocycles. The predicted molar refractivity (Wildman–Crippen MR) is 99.1 cm³/mol. The van der Waals surface area contributed by atoms with Gasteiger partial charge in [-0.1, -0.05) is 23.7 Å². The van der Waals surface area contributed by atoms with Gasteiger partial charge in [0.15, 0.2) is 0 Å². The van der Waals surface area contributed by atoms with Gasteiger partial charge in [-0.05, 0) is 19.2 Å². The number of aromatic nitrogens is 2. The summed E-state index contributed by atoms with van der Waals surface area (Å²) in [5, 5.41) is 12.9. The van der Waals surface area contributed by atoms with E-state index in [-0.39, 0.29) is 24.2 Å². The Morgan fingerprint density at radius 1 is 1.24 bits per heavy atom. The summed E-state index contributed by atoms with van der Waals surface area (Å²) in [5.41, 5.74) is 1.19. The molecule has 1 atom stereocenters. The highest BCUT2D eigenvalue weighted by molar-refractivity contribution is 6.33. The number of likely N-dealkylation sites (N-methyl/N-ethyl adjacent to an activating group) is 1. The molecule has 9 heteroatoms. The molecule has 2 amide bonds. The van der Waals surface area contributed by atoms with E-state index in [9.17, 15) is 9.59 Å². The van der Waals surface area contributed by atoms with Crippen LogP contribution in [0.25, 0.3) is 0 Å². The second-order valence-corrected chi connectivity index (χ2v) is 5.60. The Labute approximate surface area is 157 Å². The van der Waals surface area contributed by atoms with Crippen LogP contribution in [0.4, 0.5) is 0 Å². The second kappa shape index (κ2) is 10.0. The van der Waals surface area contributed by atoms with Gasteiger partial charge in [-0.15, -0.1) is 12.4 Å². The fraction of sp³-hybridized carbons (Fsp3) is 0.312. The zero-order valence-corrected chi connectivity index (χ0v) is 15.5. The van der Waals surface area contributed by atoms with E-state index in [2.05, 4.69) is 21.0 Å². The van der Waals surface area contributed by atoms with Crippen molar-refractivity contribution in [1.29, 1.82) is 0 Å². The van der Waals surface area contributed by atoms with Crippen LogP contribution in [0.1, 0.15) is 22.0 Å². The van der Waals surface area contributed by atoms with Crippen LogP contribution in [0, 0.1) is 0 Å². The molecule has 1 unspecified atom stereocenters. The van der Waals surface area contributed by atoms with Gasteiger partial charge in [-0.25, -0.2) is 0 Å². The van der Waals surface area contributed by atoms with E-state index in [4.69, 9.17) is 11.6 Å². The summed E-state index contributed by atoms with van der Waals surface area (Å²) in [6.45, 7) is 0.618. The quantitative estimate of drug-likeness (QED) is 0.626. The zero-order valence-electron chi connectivity index (χ0n) is 14.0. The van der Waals surface area contributed by atoms with Crippen molar-refractivity contribution in [2.75, 3.05) is 20.1 Å². The summed E-state index contributed by atoms with van der Waals surface area (Å²) in [4.78, 5) is 24.2. The van der Waals surface area contributed by atoms with E-state index in [1.165, 1.54) is 0 Å². The molecule has 0 aliphatic rings. The summed E-state index contributed by atoms with van der Waals surface area (Å²) < 4.78 is 1.64. The lowest BCUT2D eigenvalue weighted by Crippen LogP contribution is -2.40. The molecule has 7 nitrogen and oxygen atoms in total. The molecule has 0 bridgehead atoms. The third kappa shape index (κ3) is 5.74. The molecule has 0 spiro atoms. The average molecular weight is 386 g/mol. The summed E-state index contributed by atoms with van der Waals surface area (Å²) in [6.07, 6.45) is 3.42. The van der Waals surface area contributed by atoms with Crippen LogP contribution in [-0.4, -0.2) is 41.7 Å². The Morgan fingerprint density at radius 2 is 1.92 bits per heavy atom. The Bertz CT molecular complexity index is 720. The van der Waals surface area contributed by atoms with Crippen LogP contribution >= 0.6 is 24.0 Å². The van der Waals surface area contributed by atoms with E-state index in [1.807, 2.05) is 0 Å². The highest BCUT2D eigenvalue weighted by Gasteiger charge is 2.19. The smallest absolute Gasteiger partial charge is 0.252 e. The minimum absolute atomic E-state index is 0. The number of carbonyl (C=O) groups is 2. The maximum Gasteiger partial charge on any atom is 0.252 e. The topological polar surface area (TPSA) is 88.1 Å². The highest BCUT2D eigenvalue weighted by atomic mass is 35.5. The number of hydrogen-bond donors (Lipinski definition) is 3. The second-order valence-electron chi connectivity index (χ2n) is 5.20. The number of halogens is 2. The Morgan fingerprint density at radius 3 is 2.52 bits per heavy atom. The van der Waals surface area contributed by atoms with Crippen LogP contribution in [0.15, 0.2) is 36.7 Å². The number of nitrogens with zero attached hydrogens (tertiary/aromatic N) is 2. The van der Waals surface area contributed by atoms with Crippen molar-refractivity contribution < 1.29 is 9.59 Å². The molecule has 2 aromatic rings. The summed E-state index contributed by atoms with van der Waals surface area (Å²) in [6, 6.07) is 6.32. The van der Waals surface area contributed by atoms with E-state index >= 15 is 0 Å². The van der Waals surface area contributed by atoms with Crippen LogP contribution in [0.2, 0.25) is 5.02 Å². The predicted octanol–water partition coefficient (Wildman–Crippen LogP) is 1.30. The van der Waals surface area contributed by atoms with Gasteiger partial charge in [-0.2, -0.15) is 5.10 Å². The fourth-order valence-electron chi connectivity index (χ4n) is 2.24. The van der Waals surface area contributed by atoms with Gasteiger partial charge in [-0.3, -0.25) is 14.3 Å². The number of hydrogen-bond acceptors (Lipinski definition) is 4. The maximum atomic E-state index is 12.2. The number of amides is 2. The molecule has 0 fully saturated rings. The normalized spacial score (nSPS) is 11.3. The van der Waals surface area contributed by atoms with Crippen LogP contribution in [0.5, 0.6) is 0 Å². The molecule has 3 N–H and O–H groups in total. The monoisotopic (exact) mass is 385 g/mol. The van der Waals surface area contributed by atoms with Gasteiger partial charge >= 0.3 is 0 Å². The van der Waals surface area contributed by atoms with Gasteiger partial charge in [0.2, 0.25) is 5.91 Å². The van der Waals surface area contributed by atoms with Gasteiger partial charge < -0.3 is 16.0 Å². The van der Waals surface area contributed by atoms with Crippen molar-refractivity contribution >= 4 is 35.8 Å². The maximum absolute atomic E-state index is 12.2. The number of benzene rings is 1. The molecular weight excluding hydrogens is 365 g/mol. The molecule has 136 valence electrons. The zero-order chi connectivity index (χ0) is 17.5. The van der Waals surface area contributed by atoms with Crippen molar-refractivity contribution in [2.45, 2.75) is 6.04 Å². The van der Waals surface area contributed by atoms with Crippen molar-refractivity contribution in [3.63, 3.8) is 0 Å².